The Bertz CT molecular complexity index is 286. The van der Waals surface area contributed by atoms with Crippen molar-refractivity contribution < 1.29 is 18.3 Å². The molecule has 0 aliphatic carbocycles. The van der Waals surface area contributed by atoms with E-state index in [0.29, 0.717) is 6.29 Å². The molecule has 0 spiro atoms. The van der Waals surface area contributed by atoms with Crippen molar-refractivity contribution >= 4 is 6.29 Å². The van der Waals surface area contributed by atoms with Crippen molar-refractivity contribution in [3.63, 3.8) is 0 Å². The Kier molecular flexibility index (Phi) is 2.74. The highest BCUT2D eigenvalue weighted by Crippen LogP contribution is 2.14. The second kappa shape index (κ2) is 3.80. The van der Waals surface area contributed by atoms with E-state index in [4.69, 9.17) is 4.74 Å². The third kappa shape index (κ3) is 2.02. The van der Waals surface area contributed by atoms with Crippen LogP contribution in [-0.2, 0) is 4.79 Å². The van der Waals surface area contributed by atoms with Gasteiger partial charge in [0.05, 0.1) is 0 Å². The molecule has 0 radical (unpaired) electrons. The fourth-order valence-electron chi connectivity index (χ4n) is 0.697. The molecule has 0 atom stereocenters. The predicted molar refractivity (Wildman–Crippen MR) is 37.9 cm³/mol. The molecule has 1 aromatic rings. The lowest BCUT2D eigenvalue weighted by molar-refractivity contribution is -0.109. The number of hydrogen-bond donors (Lipinski definition) is 0. The van der Waals surface area contributed by atoms with Crippen molar-refractivity contribution in [2.45, 2.75) is 0 Å². The number of benzene rings is 1. The summed E-state index contributed by atoms with van der Waals surface area (Å²) < 4.78 is 29.5. The van der Waals surface area contributed by atoms with Gasteiger partial charge in [-0.3, -0.25) is 4.79 Å². The number of hydrogen-bond acceptors (Lipinski definition) is 2. The molecule has 0 aromatic heterocycles. The Hall–Kier alpha value is -1.45. The SMILES string of the molecule is O=CCOc1ccc(F)c(F)c1. The summed E-state index contributed by atoms with van der Waals surface area (Å²) >= 11 is 0. The van der Waals surface area contributed by atoms with Gasteiger partial charge in [-0.15, -0.1) is 0 Å². The van der Waals surface area contributed by atoms with Gasteiger partial charge in [-0.1, -0.05) is 0 Å². The molecule has 12 heavy (non-hydrogen) atoms. The number of ether oxygens (including phenoxy) is 1. The van der Waals surface area contributed by atoms with Crippen molar-refractivity contribution in [1.82, 2.24) is 0 Å². The summed E-state index contributed by atoms with van der Waals surface area (Å²) in [4.78, 5) is 9.84. The van der Waals surface area contributed by atoms with Crippen molar-refractivity contribution in [1.29, 1.82) is 0 Å². The first kappa shape index (κ1) is 8.64. The zero-order valence-electron chi connectivity index (χ0n) is 6.09. The minimum atomic E-state index is -0.988. The van der Waals surface area contributed by atoms with Gasteiger partial charge in [0.2, 0.25) is 0 Å². The van der Waals surface area contributed by atoms with E-state index >= 15 is 0 Å². The smallest absolute Gasteiger partial charge is 0.162 e. The number of carbonyl (C=O) groups is 1. The molecule has 0 saturated carbocycles. The fraction of sp³-hybridized carbons (Fsp3) is 0.125. The van der Waals surface area contributed by atoms with E-state index in [0.717, 1.165) is 12.1 Å². The molecule has 0 saturated heterocycles. The maximum absolute atomic E-state index is 12.5. The third-order valence-electron chi connectivity index (χ3n) is 1.21. The number of aldehydes is 1. The van der Waals surface area contributed by atoms with Crippen LogP contribution in [-0.4, -0.2) is 12.9 Å². The van der Waals surface area contributed by atoms with Crippen LogP contribution in [0.2, 0.25) is 0 Å². The summed E-state index contributed by atoms with van der Waals surface area (Å²) in [7, 11) is 0. The highest BCUT2D eigenvalue weighted by atomic mass is 19.2. The molecule has 0 unspecified atom stereocenters. The van der Waals surface area contributed by atoms with Crippen LogP contribution in [0.4, 0.5) is 8.78 Å². The lowest BCUT2D eigenvalue weighted by Crippen LogP contribution is -1.98. The van der Waals surface area contributed by atoms with E-state index in [1.54, 1.807) is 0 Å². The van der Waals surface area contributed by atoms with Crippen molar-refractivity contribution in [2.24, 2.45) is 0 Å². The first-order chi connectivity index (χ1) is 5.74. The van der Waals surface area contributed by atoms with Gasteiger partial charge >= 0.3 is 0 Å². The van der Waals surface area contributed by atoms with Crippen LogP contribution in [0.15, 0.2) is 18.2 Å². The maximum atomic E-state index is 12.5. The second-order valence-electron chi connectivity index (χ2n) is 2.05. The Morgan fingerprint density at radius 3 is 2.67 bits per heavy atom. The summed E-state index contributed by atoms with van der Waals surface area (Å²) in [5.41, 5.74) is 0. The molecule has 4 heteroatoms. The molecule has 1 aromatic carbocycles. The maximum Gasteiger partial charge on any atom is 0.162 e. The molecule has 0 aliphatic heterocycles. The first-order valence-corrected chi connectivity index (χ1v) is 3.25. The second-order valence-corrected chi connectivity index (χ2v) is 2.05. The van der Waals surface area contributed by atoms with Gasteiger partial charge in [-0.25, -0.2) is 8.78 Å². The van der Waals surface area contributed by atoms with E-state index in [-0.39, 0.29) is 12.4 Å². The van der Waals surface area contributed by atoms with Gasteiger partial charge in [-0.2, -0.15) is 0 Å². The predicted octanol–water partition coefficient (Wildman–Crippen LogP) is 1.54. The minimum absolute atomic E-state index is 0.140. The summed E-state index contributed by atoms with van der Waals surface area (Å²) in [5.74, 6) is -1.78. The standard InChI is InChI=1S/C8H6F2O2/c9-7-2-1-6(5-8(7)10)12-4-3-11/h1-3,5H,4H2. The Balaban J connectivity index is 2.75. The van der Waals surface area contributed by atoms with E-state index in [1.807, 2.05) is 0 Å². The summed E-state index contributed by atoms with van der Waals surface area (Å²) in [6.07, 6.45) is 0.529. The van der Waals surface area contributed by atoms with Gasteiger partial charge in [-0.05, 0) is 12.1 Å². The van der Waals surface area contributed by atoms with Crippen LogP contribution in [0, 0.1) is 11.6 Å². The summed E-state index contributed by atoms with van der Waals surface area (Å²) in [5, 5.41) is 0. The van der Waals surface area contributed by atoms with Crippen LogP contribution in [0.1, 0.15) is 0 Å². The molecular weight excluding hydrogens is 166 g/mol. The highest BCUT2D eigenvalue weighted by Gasteiger charge is 2.01. The lowest BCUT2D eigenvalue weighted by atomic mass is 10.3. The van der Waals surface area contributed by atoms with Gasteiger partial charge in [0, 0.05) is 6.07 Å². The van der Waals surface area contributed by atoms with Crippen molar-refractivity contribution in [3.05, 3.63) is 29.8 Å². The molecule has 2 nitrogen and oxygen atoms in total. The van der Waals surface area contributed by atoms with Crippen LogP contribution in [0.25, 0.3) is 0 Å². The third-order valence-corrected chi connectivity index (χ3v) is 1.21. The minimum Gasteiger partial charge on any atom is -0.486 e. The van der Waals surface area contributed by atoms with E-state index in [1.165, 1.54) is 6.07 Å². The van der Waals surface area contributed by atoms with Gasteiger partial charge in [0.15, 0.2) is 17.9 Å². The van der Waals surface area contributed by atoms with Crippen LogP contribution >= 0.6 is 0 Å². The number of rotatable bonds is 3. The molecule has 0 aliphatic rings. The van der Waals surface area contributed by atoms with Crippen LogP contribution in [0.3, 0.4) is 0 Å². The molecule has 0 bridgehead atoms. The number of halogens is 2. The fourth-order valence-corrected chi connectivity index (χ4v) is 0.697. The van der Waals surface area contributed by atoms with E-state index in [2.05, 4.69) is 0 Å². The molecule has 1 rings (SSSR count). The molecule has 64 valence electrons. The summed E-state index contributed by atoms with van der Waals surface area (Å²) in [6, 6.07) is 3.08. The number of carbonyl (C=O) groups excluding carboxylic acids is 1. The average molecular weight is 172 g/mol. The highest BCUT2D eigenvalue weighted by molar-refractivity contribution is 5.51. The Morgan fingerprint density at radius 1 is 1.33 bits per heavy atom. The van der Waals surface area contributed by atoms with E-state index in [9.17, 15) is 13.6 Å². The van der Waals surface area contributed by atoms with Crippen LogP contribution in [0.5, 0.6) is 5.75 Å². The normalized spacial score (nSPS) is 9.50. The average Bonchev–Trinajstić information content (AvgIpc) is 2.07. The molecular formula is C8H6F2O2. The van der Waals surface area contributed by atoms with Gasteiger partial charge < -0.3 is 4.74 Å². The monoisotopic (exact) mass is 172 g/mol. The first-order valence-electron chi connectivity index (χ1n) is 3.25. The summed E-state index contributed by atoms with van der Waals surface area (Å²) in [6.45, 7) is -0.162. The van der Waals surface area contributed by atoms with Crippen molar-refractivity contribution in [3.8, 4) is 5.75 Å². The van der Waals surface area contributed by atoms with E-state index < -0.39 is 11.6 Å². The zero-order valence-corrected chi connectivity index (χ0v) is 6.09. The quantitative estimate of drug-likeness (QED) is 0.646. The topological polar surface area (TPSA) is 26.3 Å². The van der Waals surface area contributed by atoms with Crippen molar-refractivity contribution in [2.75, 3.05) is 6.61 Å². The van der Waals surface area contributed by atoms with Crippen LogP contribution < -0.4 is 4.74 Å². The van der Waals surface area contributed by atoms with Gasteiger partial charge in [0.25, 0.3) is 0 Å². The molecule has 0 fully saturated rings. The molecule has 0 heterocycles. The largest absolute Gasteiger partial charge is 0.486 e. The van der Waals surface area contributed by atoms with Gasteiger partial charge in [0.1, 0.15) is 12.4 Å². The molecule has 0 N–H and O–H groups in total. The zero-order chi connectivity index (χ0) is 8.97. The Morgan fingerprint density at radius 2 is 2.08 bits per heavy atom. The Labute approximate surface area is 67.8 Å². The molecule has 0 amide bonds. The lowest BCUT2D eigenvalue weighted by Gasteiger charge is -2.01.